The highest BCUT2D eigenvalue weighted by atomic mass is 16.5. The molecule has 5 heteroatoms. The monoisotopic (exact) mass is 294 g/mol. The summed E-state index contributed by atoms with van der Waals surface area (Å²) >= 11 is 0. The Hall–Kier alpha value is -1.46. The minimum atomic E-state index is -0.0152. The molecule has 2 rings (SSSR count). The molecule has 1 fully saturated rings. The number of rotatable bonds is 7. The van der Waals surface area contributed by atoms with Gasteiger partial charge in [-0.15, -0.1) is 0 Å². The van der Waals surface area contributed by atoms with Gasteiger partial charge in [0.05, 0.1) is 13.7 Å². The number of methoxy groups -OCH3 is 1. The van der Waals surface area contributed by atoms with Gasteiger partial charge < -0.3 is 25.6 Å². The van der Waals surface area contributed by atoms with Gasteiger partial charge in [0, 0.05) is 17.8 Å². The van der Waals surface area contributed by atoms with E-state index in [2.05, 4.69) is 5.32 Å². The summed E-state index contributed by atoms with van der Waals surface area (Å²) in [7, 11) is 1.61. The second-order valence-corrected chi connectivity index (χ2v) is 5.47. The number of nitrogens with one attached hydrogen (secondary N) is 1. The third-order valence-electron chi connectivity index (χ3n) is 4.08. The molecule has 0 bridgehead atoms. The molecule has 0 heterocycles. The minimum absolute atomic E-state index is 0.0152. The summed E-state index contributed by atoms with van der Waals surface area (Å²) in [6.45, 7) is 0.967. The van der Waals surface area contributed by atoms with Crippen LogP contribution in [0.15, 0.2) is 18.2 Å². The zero-order chi connectivity index (χ0) is 15.1. The molecule has 1 aliphatic carbocycles. The fourth-order valence-corrected chi connectivity index (χ4v) is 2.93. The van der Waals surface area contributed by atoms with Gasteiger partial charge >= 0.3 is 0 Å². The molecule has 2 unspecified atom stereocenters. The van der Waals surface area contributed by atoms with Gasteiger partial charge in [-0.25, -0.2) is 0 Å². The number of nitrogens with two attached hydrogens (primary N) is 1. The van der Waals surface area contributed by atoms with Gasteiger partial charge in [0.15, 0.2) is 11.5 Å². The largest absolute Gasteiger partial charge is 0.493 e. The molecular formula is C16H26N2O3. The van der Waals surface area contributed by atoms with E-state index >= 15 is 0 Å². The van der Waals surface area contributed by atoms with Crippen molar-refractivity contribution >= 4 is 5.69 Å². The van der Waals surface area contributed by atoms with E-state index in [4.69, 9.17) is 20.3 Å². The first-order valence-electron chi connectivity index (χ1n) is 7.66. The van der Waals surface area contributed by atoms with Crippen molar-refractivity contribution in [2.45, 2.75) is 31.7 Å². The van der Waals surface area contributed by atoms with Gasteiger partial charge in [0.2, 0.25) is 0 Å². The normalized spacial score (nSPS) is 21.9. The van der Waals surface area contributed by atoms with Crippen molar-refractivity contribution in [3.8, 4) is 11.5 Å². The molecule has 0 spiro atoms. The van der Waals surface area contributed by atoms with Crippen molar-refractivity contribution in [1.29, 1.82) is 0 Å². The van der Waals surface area contributed by atoms with Crippen molar-refractivity contribution in [1.82, 2.24) is 0 Å². The Morgan fingerprint density at radius 1 is 1.29 bits per heavy atom. The van der Waals surface area contributed by atoms with Gasteiger partial charge in [0.25, 0.3) is 0 Å². The fourth-order valence-electron chi connectivity index (χ4n) is 2.93. The fraction of sp³-hybridized carbons (Fsp3) is 0.625. The molecule has 4 N–H and O–H groups in total. The highest BCUT2D eigenvalue weighted by Crippen LogP contribution is 2.32. The molecule has 0 aliphatic heterocycles. The smallest absolute Gasteiger partial charge is 0.163 e. The molecule has 1 aromatic rings. The Kier molecular flexibility index (Phi) is 6.14. The third-order valence-corrected chi connectivity index (χ3v) is 4.08. The highest BCUT2D eigenvalue weighted by Gasteiger charge is 2.23. The predicted molar refractivity (Wildman–Crippen MR) is 84.0 cm³/mol. The molecule has 0 amide bonds. The molecule has 118 valence electrons. The van der Waals surface area contributed by atoms with Crippen LogP contribution >= 0.6 is 0 Å². The van der Waals surface area contributed by atoms with E-state index in [9.17, 15) is 0 Å². The van der Waals surface area contributed by atoms with Crippen LogP contribution in [0.5, 0.6) is 11.5 Å². The maximum Gasteiger partial charge on any atom is 0.163 e. The lowest BCUT2D eigenvalue weighted by molar-refractivity contribution is 0.196. The van der Waals surface area contributed by atoms with E-state index in [0.29, 0.717) is 23.5 Å². The predicted octanol–water partition coefficient (Wildman–Crippen LogP) is 2.00. The van der Waals surface area contributed by atoms with E-state index in [-0.39, 0.29) is 13.2 Å². The number of hydrogen-bond donors (Lipinski definition) is 3. The lowest BCUT2D eigenvalue weighted by Crippen LogP contribution is -2.36. The second-order valence-electron chi connectivity index (χ2n) is 5.47. The molecule has 0 saturated heterocycles. The first kappa shape index (κ1) is 15.9. The van der Waals surface area contributed by atoms with Crippen LogP contribution in [0.2, 0.25) is 0 Å². The van der Waals surface area contributed by atoms with Crippen molar-refractivity contribution in [2.24, 2.45) is 11.7 Å². The molecule has 5 nitrogen and oxygen atoms in total. The molecule has 21 heavy (non-hydrogen) atoms. The van der Waals surface area contributed by atoms with Crippen LogP contribution in [-0.4, -0.2) is 38.0 Å². The van der Waals surface area contributed by atoms with Crippen LogP contribution in [0.3, 0.4) is 0 Å². The quantitative estimate of drug-likeness (QED) is 0.717. The number of anilines is 1. The number of benzene rings is 1. The summed E-state index contributed by atoms with van der Waals surface area (Å²) in [5, 5.41) is 12.5. The summed E-state index contributed by atoms with van der Waals surface area (Å²) in [5.74, 6) is 1.85. The van der Waals surface area contributed by atoms with Gasteiger partial charge in [-0.05, 0) is 37.4 Å². The molecule has 2 atom stereocenters. The highest BCUT2D eigenvalue weighted by molar-refractivity contribution is 5.55. The van der Waals surface area contributed by atoms with E-state index in [1.165, 1.54) is 19.3 Å². The van der Waals surface area contributed by atoms with E-state index < -0.39 is 0 Å². The average molecular weight is 294 g/mol. The molecule has 0 aromatic heterocycles. The summed E-state index contributed by atoms with van der Waals surface area (Å²) in [6, 6.07) is 6.22. The van der Waals surface area contributed by atoms with Crippen LogP contribution in [0.1, 0.15) is 25.7 Å². The van der Waals surface area contributed by atoms with Crippen molar-refractivity contribution in [3.05, 3.63) is 18.2 Å². The van der Waals surface area contributed by atoms with Crippen LogP contribution in [0.4, 0.5) is 5.69 Å². The lowest BCUT2D eigenvalue weighted by Gasteiger charge is -2.32. The number of hydrogen-bond acceptors (Lipinski definition) is 5. The van der Waals surface area contributed by atoms with Crippen molar-refractivity contribution in [3.63, 3.8) is 0 Å². The third kappa shape index (κ3) is 4.25. The Morgan fingerprint density at radius 2 is 2.10 bits per heavy atom. The zero-order valence-corrected chi connectivity index (χ0v) is 12.7. The molecular weight excluding hydrogens is 268 g/mol. The molecule has 1 saturated carbocycles. The standard InChI is InChI=1S/C16H26N2O3/c1-20-15-7-6-13(10-16(15)21-9-8-19)18-14-5-3-2-4-12(14)11-17/h6-7,10,12,14,18-19H,2-5,8-9,11,17H2,1H3. The Bertz CT molecular complexity index is 440. The van der Waals surface area contributed by atoms with Crippen LogP contribution < -0.4 is 20.5 Å². The van der Waals surface area contributed by atoms with E-state index in [0.717, 1.165) is 18.7 Å². The SMILES string of the molecule is COc1ccc(NC2CCCCC2CN)cc1OCCO. The van der Waals surface area contributed by atoms with E-state index in [1.54, 1.807) is 7.11 Å². The summed E-state index contributed by atoms with van der Waals surface area (Å²) < 4.78 is 10.8. The van der Waals surface area contributed by atoms with Crippen LogP contribution in [0, 0.1) is 5.92 Å². The maximum absolute atomic E-state index is 8.89. The van der Waals surface area contributed by atoms with Gasteiger partial charge in [0.1, 0.15) is 6.61 Å². The number of aliphatic hydroxyl groups is 1. The van der Waals surface area contributed by atoms with Crippen molar-refractivity contribution < 1.29 is 14.6 Å². The van der Waals surface area contributed by atoms with Gasteiger partial charge in [-0.3, -0.25) is 0 Å². The van der Waals surface area contributed by atoms with Crippen LogP contribution in [0.25, 0.3) is 0 Å². The number of aliphatic hydroxyl groups excluding tert-OH is 1. The second kappa shape index (κ2) is 8.10. The molecule has 0 radical (unpaired) electrons. The topological polar surface area (TPSA) is 76.7 Å². The Balaban J connectivity index is 2.08. The summed E-state index contributed by atoms with van der Waals surface area (Å²) in [4.78, 5) is 0. The van der Waals surface area contributed by atoms with Crippen LogP contribution in [-0.2, 0) is 0 Å². The number of ether oxygens (including phenoxy) is 2. The average Bonchev–Trinajstić information content (AvgIpc) is 2.53. The van der Waals surface area contributed by atoms with Gasteiger partial charge in [-0.1, -0.05) is 12.8 Å². The molecule has 1 aliphatic rings. The van der Waals surface area contributed by atoms with Crippen molar-refractivity contribution in [2.75, 3.05) is 32.2 Å². The Labute approximate surface area is 126 Å². The van der Waals surface area contributed by atoms with Gasteiger partial charge in [-0.2, -0.15) is 0 Å². The minimum Gasteiger partial charge on any atom is -0.493 e. The first-order chi connectivity index (χ1) is 10.3. The summed E-state index contributed by atoms with van der Waals surface area (Å²) in [5.41, 5.74) is 6.88. The lowest BCUT2D eigenvalue weighted by atomic mass is 9.84. The van der Waals surface area contributed by atoms with E-state index in [1.807, 2.05) is 18.2 Å². The molecule has 1 aromatic carbocycles. The maximum atomic E-state index is 8.89. The first-order valence-corrected chi connectivity index (χ1v) is 7.66. The zero-order valence-electron chi connectivity index (χ0n) is 12.7. The summed E-state index contributed by atoms with van der Waals surface area (Å²) in [6.07, 6.45) is 4.87. The Morgan fingerprint density at radius 3 is 2.81 bits per heavy atom.